The van der Waals surface area contributed by atoms with E-state index in [1.54, 1.807) is 10.7 Å². The number of amides is 1. The molecule has 6 heteroatoms. The lowest BCUT2D eigenvalue weighted by Crippen LogP contribution is -2.27. The van der Waals surface area contributed by atoms with Crippen molar-refractivity contribution in [3.05, 3.63) is 76.8 Å². The number of carbonyl (C=O) groups excluding carboxylic acids is 1. The number of pyridine rings is 1. The Balaban J connectivity index is 1.40. The lowest BCUT2D eigenvalue weighted by molar-refractivity contribution is 0.0938. The smallest absolute Gasteiger partial charge is 0.255 e. The van der Waals surface area contributed by atoms with Gasteiger partial charge in [0.1, 0.15) is 11.5 Å². The molecule has 0 bridgehead atoms. The third-order valence-corrected chi connectivity index (χ3v) is 5.37. The van der Waals surface area contributed by atoms with Crippen molar-refractivity contribution < 1.29 is 9.32 Å². The number of benzene rings is 1. The monoisotopic (exact) mass is 372 g/mol. The predicted octanol–water partition coefficient (Wildman–Crippen LogP) is 4.02. The second-order valence-corrected chi connectivity index (χ2v) is 7.39. The first-order chi connectivity index (χ1) is 13.6. The van der Waals surface area contributed by atoms with Gasteiger partial charge in [-0.15, -0.1) is 0 Å². The van der Waals surface area contributed by atoms with Gasteiger partial charge >= 0.3 is 0 Å². The van der Waals surface area contributed by atoms with Crippen LogP contribution in [0.1, 0.15) is 45.3 Å². The summed E-state index contributed by atoms with van der Waals surface area (Å²) in [5.41, 5.74) is 6.84. The van der Waals surface area contributed by atoms with Crippen LogP contribution < -0.4 is 5.32 Å². The van der Waals surface area contributed by atoms with Crippen LogP contribution in [0.4, 0.5) is 0 Å². The summed E-state index contributed by atoms with van der Waals surface area (Å²) >= 11 is 0. The Kier molecular flexibility index (Phi) is 3.79. The number of aromatic nitrogens is 3. The number of aryl methyl sites for hydroxylation is 3. The van der Waals surface area contributed by atoms with E-state index in [1.165, 1.54) is 11.1 Å². The van der Waals surface area contributed by atoms with E-state index in [9.17, 15) is 4.79 Å². The fourth-order valence-corrected chi connectivity index (χ4v) is 3.93. The van der Waals surface area contributed by atoms with Crippen LogP contribution in [0.2, 0.25) is 0 Å². The van der Waals surface area contributed by atoms with Crippen molar-refractivity contribution in [3.8, 4) is 11.3 Å². The molecular weight excluding hydrogens is 352 g/mol. The summed E-state index contributed by atoms with van der Waals surface area (Å²) in [6, 6.07) is 12.2. The molecule has 0 saturated carbocycles. The van der Waals surface area contributed by atoms with Gasteiger partial charge in [-0.05, 0) is 61.6 Å². The molecule has 1 aliphatic rings. The first-order valence-corrected chi connectivity index (χ1v) is 9.40. The molecule has 5 rings (SSSR count). The molecule has 3 heterocycles. The van der Waals surface area contributed by atoms with Crippen LogP contribution in [-0.4, -0.2) is 20.7 Å². The second kappa shape index (κ2) is 6.34. The molecule has 6 nitrogen and oxygen atoms in total. The number of hydrogen-bond acceptors (Lipinski definition) is 4. The van der Waals surface area contributed by atoms with E-state index in [0.29, 0.717) is 5.56 Å². The van der Waals surface area contributed by atoms with Crippen LogP contribution in [0.15, 0.2) is 53.3 Å². The van der Waals surface area contributed by atoms with Gasteiger partial charge < -0.3 is 9.84 Å². The number of hydrogen-bond donors (Lipinski definition) is 1. The molecule has 1 aliphatic carbocycles. The van der Waals surface area contributed by atoms with Crippen LogP contribution in [0.3, 0.4) is 0 Å². The molecule has 0 spiro atoms. The van der Waals surface area contributed by atoms with Gasteiger partial charge in [0.25, 0.3) is 5.91 Å². The minimum atomic E-state index is -0.0883. The third-order valence-electron chi connectivity index (χ3n) is 5.37. The molecule has 28 heavy (non-hydrogen) atoms. The number of nitrogens with zero attached hydrogens (tertiary/aromatic N) is 3. The Morgan fingerprint density at radius 1 is 1.21 bits per heavy atom. The zero-order valence-electron chi connectivity index (χ0n) is 15.8. The van der Waals surface area contributed by atoms with Gasteiger partial charge in [-0.3, -0.25) is 4.79 Å². The molecule has 140 valence electrons. The van der Waals surface area contributed by atoms with Crippen LogP contribution in [-0.2, 0) is 6.42 Å². The molecule has 0 fully saturated rings. The van der Waals surface area contributed by atoms with Crippen molar-refractivity contribution in [3.63, 3.8) is 0 Å². The first kappa shape index (κ1) is 16.7. The Labute approximate surface area is 162 Å². The topological polar surface area (TPSA) is 72.4 Å². The van der Waals surface area contributed by atoms with Gasteiger partial charge in [0.2, 0.25) is 0 Å². The van der Waals surface area contributed by atoms with Crippen LogP contribution in [0.25, 0.3) is 16.8 Å². The molecule has 1 amide bonds. The second-order valence-electron chi connectivity index (χ2n) is 7.39. The maximum Gasteiger partial charge on any atom is 0.255 e. The minimum Gasteiger partial charge on any atom is -0.361 e. The van der Waals surface area contributed by atoms with Gasteiger partial charge in [-0.25, -0.2) is 4.52 Å². The summed E-state index contributed by atoms with van der Waals surface area (Å²) in [6.45, 7) is 3.90. The Bertz CT molecular complexity index is 1200. The quantitative estimate of drug-likeness (QED) is 0.589. The van der Waals surface area contributed by atoms with Crippen molar-refractivity contribution in [2.45, 2.75) is 32.7 Å². The van der Waals surface area contributed by atoms with E-state index in [1.807, 2.05) is 44.3 Å². The van der Waals surface area contributed by atoms with E-state index in [4.69, 9.17) is 4.52 Å². The molecule has 0 aliphatic heterocycles. The fourth-order valence-electron chi connectivity index (χ4n) is 3.93. The van der Waals surface area contributed by atoms with Gasteiger partial charge in [-0.1, -0.05) is 17.3 Å². The maximum absolute atomic E-state index is 12.9. The molecular formula is C22H20N4O2. The van der Waals surface area contributed by atoms with Gasteiger partial charge in [0, 0.05) is 17.8 Å². The molecule has 3 aromatic heterocycles. The van der Waals surface area contributed by atoms with Crippen molar-refractivity contribution in [2.75, 3.05) is 0 Å². The van der Waals surface area contributed by atoms with Crippen LogP contribution >= 0.6 is 0 Å². The lowest BCUT2D eigenvalue weighted by atomic mass is 10.0. The predicted molar refractivity (Wildman–Crippen MR) is 105 cm³/mol. The highest BCUT2D eigenvalue weighted by atomic mass is 16.5. The highest BCUT2D eigenvalue weighted by molar-refractivity contribution is 6.00. The summed E-state index contributed by atoms with van der Waals surface area (Å²) in [5, 5.41) is 11.6. The standard InChI is InChI=1S/C22H20N4O2/c1-13-7-8-26-21(9-13)18(12-23-26)22(27)24-19-6-4-15-11-16(3-5-17(15)19)20-10-14(2)28-25-20/h3,5,7-12,19H,4,6H2,1-2H3,(H,24,27)/t19-/m1/s1. The largest absolute Gasteiger partial charge is 0.361 e. The Morgan fingerprint density at radius 3 is 2.93 bits per heavy atom. The van der Waals surface area contributed by atoms with Crippen LogP contribution in [0.5, 0.6) is 0 Å². The normalized spacial score (nSPS) is 15.7. The zero-order valence-corrected chi connectivity index (χ0v) is 15.8. The van der Waals surface area contributed by atoms with E-state index >= 15 is 0 Å². The van der Waals surface area contributed by atoms with Crippen molar-refractivity contribution in [2.24, 2.45) is 0 Å². The summed E-state index contributed by atoms with van der Waals surface area (Å²) in [6.07, 6.45) is 5.33. The number of nitrogens with one attached hydrogen (secondary N) is 1. The van der Waals surface area contributed by atoms with Crippen molar-refractivity contribution in [1.82, 2.24) is 20.1 Å². The van der Waals surface area contributed by atoms with E-state index < -0.39 is 0 Å². The number of fused-ring (bicyclic) bond motifs is 2. The van der Waals surface area contributed by atoms with Gasteiger partial charge in [0.15, 0.2) is 0 Å². The van der Waals surface area contributed by atoms with Crippen molar-refractivity contribution >= 4 is 11.4 Å². The SMILES string of the molecule is Cc1ccn2ncc(C(=O)N[C@@H]3CCc4cc(-c5cc(C)on5)ccc43)c2c1. The van der Waals surface area contributed by atoms with Gasteiger partial charge in [0.05, 0.1) is 23.3 Å². The van der Waals surface area contributed by atoms with Crippen molar-refractivity contribution in [1.29, 1.82) is 0 Å². The minimum absolute atomic E-state index is 0.00959. The molecule has 4 aromatic rings. The molecule has 1 N–H and O–H groups in total. The Morgan fingerprint density at radius 2 is 2.11 bits per heavy atom. The summed E-state index contributed by atoms with van der Waals surface area (Å²) in [7, 11) is 0. The Hall–Kier alpha value is -3.41. The van der Waals surface area contributed by atoms with Gasteiger partial charge in [-0.2, -0.15) is 5.10 Å². The van der Waals surface area contributed by atoms with E-state index in [-0.39, 0.29) is 11.9 Å². The number of carbonyl (C=O) groups is 1. The van der Waals surface area contributed by atoms with E-state index in [0.717, 1.165) is 40.9 Å². The lowest BCUT2D eigenvalue weighted by Gasteiger charge is -2.14. The fraction of sp³-hybridized carbons (Fsp3) is 0.227. The zero-order chi connectivity index (χ0) is 19.3. The first-order valence-electron chi connectivity index (χ1n) is 9.40. The molecule has 1 aromatic carbocycles. The highest BCUT2D eigenvalue weighted by Gasteiger charge is 2.26. The number of rotatable bonds is 3. The average molecular weight is 372 g/mol. The molecule has 1 atom stereocenters. The summed E-state index contributed by atoms with van der Waals surface area (Å²) < 4.78 is 6.91. The average Bonchev–Trinajstić information content (AvgIpc) is 3.39. The molecule has 0 saturated heterocycles. The summed E-state index contributed by atoms with van der Waals surface area (Å²) in [4.78, 5) is 12.9. The summed E-state index contributed by atoms with van der Waals surface area (Å²) in [5.74, 6) is 0.707. The maximum atomic E-state index is 12.9. The molecule has 0 unspecified atom stereocenters. The highest BCUT2D eigenvalue weighted by Crippen LogP contribution is 2.34. The van der Waals surface area contributed by atoms with E-state index in [2.05, 4.69) is 27.7 Å². The van der Waals surface area contributed by atoms with Crippen LogP contribution in [0, 0.1) is 13.8 Å². The third kappa shape index (κ3) is 2.78. The molecule has 0 radical (unpaired) electrons.